The maximum absolute atomic E-state index is 12.6. The highest BCUT2D eigenvalue weighted by Gasteiger charge is 2.29. The topological polar surface area (TPSA) is 86.1 Å². The zero-order valence-electron chi connectivity index (χ0n) is 11.7. The summed E-state index contributed by atoms with van der Waals surface area (Å²) in [5.41, 5.74) is 10.5. The van der Waals surface area contributed by atoms with Gasteiger partial charge in [0.2, 0.25) is 10.0 Å². The van der Waals surface area contributed by atoms with Crippen molar-refractivity contribution in [3.63, 3.8) is 0 Å². The lowest BCUT2D eigenvalue weighted by molar-refractivity contribution is 0.316. The minimum absolute atomic E-state index is 0.263. The van der Waals surface area contributed by atoms with Gasteiger partial charge in [0.25, 0.3) is 0 Å². The zero-order chi connectivity index (χ0) is 14.8. The Morgan fingerprint density at radius 2 is 2.10 bits per heavy atom. The molecule has 1 heterocycles. The minimum atomic E-state index is -3.50. The summed E-state index contributed by atoms with van der Waals surface area (Å²) in [5, 5.41) is 3.65. The molecule has 0 amide bonds. The number of nitrogens with zero attached hydrogens (tertiary/aromatic N) is 4. The number of piperidine rings is 1. The van der Waals surface area contributed by atoms with Crippen LogP contribution in [0.3, 0.4) is 0 Å². The Morgan fingerprint density at radius 3 is 2.75 bits per heavy atom. The zero-order valence-corrected chi connectivity index (χ0v) is 12.5. The number of hydrogen-bond donors (Lipinski definition) is 0. The number of rotatable bonds is 3. The Kier molecular flexibility index (Phi) is 4.32. The summed E-state index contributed by atoms with van der Waals surface area (Å²) in [7, 11) is -3.50. The normalized spacial score (nSPS) is 20.4. The third kappa shape index (κ3) is 2.95. The van der Waals surface area contributed by atoms with Crippen molar-refractivity contribution in [3.8, 4) is 0 Å². The highest BCUT2D eigenvalue weighted by molar-refractivity contribution is 7.89. The molecule has 0 radical (unpaired) electrons. The molecule has 7 heteroatoms. The maximum atomic E-state index is 12.6. The van der Waals surface area contributed by atoms with Crippen molar-refractivity contribution in [1.82, 2.24) is 4.31 Å². The average Bonchev–Trinajstić information content (AvgIpc) is 2.42. The molecule has 0 aromatic heterocycles. The molecule has 20 heavy (non-hydrogen) atoms. The Morgan fingerprint density at radius 1 is 1.35 bits per heavy atom. The van der Waals surface area contributed by atoms with Crippen molar-refractivity contribution in [2.75, 3.05) is 13.1 Å². The molecule has 1 aliphatic rings. The molecule has 0 saturated carbocycles. The molecule has 0 spiro atoms. The molecule has 1 fully saturated rings. The first-order chi connectivity index (χ1) is 9.45. The molecule has 0 bridgehead atoms. The number of sulfonamides is 1. The van der Waals surface area contributed by atoms with E-state index in [1.807, 2.05) is 19.9 Å². The van der Waals surface area contributed by atoms with E-state index in [4.69, 9.17) is 5.53 Å². The maximum Gasteiger partial charge on any atom is 0.243 e. The molecule has 2 rings (SSSR count). The molecular formula is C13H18N4O2S. The van der Waals surface area contributed by atoms with Gasteiger partial charge in [0.1, 0.15) is 0 Å². The number of hydrogen-bond acceptors (Lipinski definition) is 3. The van der Waals surface area contributed by atoms with Crippen LogP contribution in [0.4, 0.5) is 0 Å². The summed E-state index contributed by atoms with van der Waals surface area (Å²) in [6, 6.07) is 4.88. The highest BCUT2D eigenvalue weighted by Crippen LogP contribution is 2.23. The quantitative estimate of drug-likeness (QED) is 0.487. The summed E-state index contributed by atoms with van der Waals surface area (Å²) in [6.07, 6.45) is 1.46. The van der Waals surface area contributed by atoms with E-state index in [2.05, 4.69) is 10.0 Å². The van der Waals surface area contributed by atoms with Gasteiger partial charge in [-0.15, -0.1) is 0 Å². The second-order valence-corrected chi connectivity index (χ2v) is 7.05. The van der Waals surface area contributed by atoms with Crippen molar-refractivity contribution in [2.24, 2.45) is 5.11 Å². The Bertz CT molecular complexity index is 650. The van der Waals surface area contributed by atoms with Crippen LogP contribution < -0.4 is 0 Å². The third-order valence-electron chi connectivity index (χ3n) is 3.69. The first-order valence-electron chi connectivity index (χ1n) is 6.57. The lowest BCUT2D eigenvalue weighted by Crippen LogP contribution is -2.41. The fourth-order valence-corrected chi connectivity index (χ4v) is 3.93. The molecule has 6 nitrogen and oxygen atoms in total. The van der Waals surface area contributed by atoms with Crippen molar-refractivity contribution in [1.29, 1.82) is 0 Å². The van der Waals surface area contributed by atoms with Crippen LogP contribution in [0.25, 0.3) is 10.4 Å². The van der Waals surface area contributed by atoms with Gasteiger partial charge >= 0.3 is 0 Å². The average molecular weight is 294 g/mol. The van der Waals surface area contributed by atoms with Crippen LogP contribution in [0, 0.1) is 13.8 Å². The number of aryl methyl sites for hydroxylation is 2. The van der Waals surface area contributed by atoms with Crippen LogP contribution in [0.2, 0.25) is 0 Å². The molecule has 1 unspecified atom stereocenters. The molecule has 1 atom stereocenters. The van der Waals surface area contributed by atoms with Crippen LogP contribution >= 0.6 is 0 Å². The second-order valence-electron chi connectivity index (χ2n) is 5.11. The summed E-state index contributed by atoms with van der Waals surface area (Å²) in [6.45, 7) is 4.59. The predicted octanol–water partition coefficient (Wildman–Crippen LogP) is 2.77. The Hall–Kier alpha value is -1.56. The predicted molar refractivity (Wildman–Crippen MR) is 76.8 cm³/mol. The molecule has 1 aromatic carbocycles. The number of benzene rings is 1. The first-order valence-corrected chi connectivity index (χ1v) is 8.01. The molecule has 1 aliphatic heterocycles. The van der Waals surface area contributed by atoms with E-state index in [1.165, 1.54) is 4.31 Å². The molecule has 108 valence electrons. The summed E-state index contributed by atoms with van der Waals surface area (Å²) in [4.78, 5) is 3.09. The van der Waals surface area contributed by atoms with E-state index < -0.39 is 10.0 Å². The molecular weight excluding hydrogens is 276 g/mol. The molecule has 0 N–H and O–H groups in total. The van der Waals surface area contributed by atoms with E-state index in [9.17, 15) is 8.42 Å². The lowest BCUT2D eigenvalue weighted by atomic mass is 10.1. The van der Waals surface area contributed by atoms with Gasteiger partial charge in [0.05, 0.1) is 10.9 Å². The van der Waals surface area contributed by atoms with Crippen LogP contribution in [0.15, 0.2) is 28.2 Å². The summed E-state index contributed by atoms with van der Waals surface area (Å²) >= 11 is 0. The van der Waals surface area contributed by atoms with Crippen LogP contribution in [-0.2, 0) is 10.0 Å². The van der Waals surface area contributed by atoms with E-state index in [0.29, 0.717) is 17.9 Å². The Labute approximate surface area is 119 Å². The SMILES string of the molecule is Cc1ccc(S(=O)(=O)N2CCCC(N=[N+]=[N-])C2)cc1C. The monoisotopic (exact) mass is 294 g/mol. The largest absolute Gasteiger partial charge is 0.243 e. The van der Waals surface area contributed by atoms with Gasteiger partial charge in [-0.25, -0.2) is 8.42 Å². The van der Waals surface area contributed by atoms with E-state index in [0.717, 1.165) is 17.5 Å². The van der Waals surface area contributed by atoms with E-state index in [-0.39, 0.29) is 12.6 Å². The van der Waals surface area contributed by atoms with Crippen molar-refractivity contribution in [2.45, 2.75) is 37.6 Å². The van der Waals surface area contributed by atoms with E-state index in [1.54, 1.807) is 12.1 Å². The van der Waals surface area contributed by atoms with Gasteiger partial charge in [-0.3, -0.25) is 0 Å². The molecule has 1 aromatic rings. The van der Waals surface area contributed by atoms with Gasteiger partial charge in [-0.2, -0.15) is 4.31 Å². The van der Waals surface area contributed by atoms with Gasteiger partial charge < -0.3 is 0 Å². The minimum Gasteiger partial charge on any atom is -0.207 e. The molecule has 1 saturated heterocycles. The van der Waals surface area contributed by atoms with Crippen molar-refractivity contribution in [3.05, 3.63) is 39.8 Å². The number of azide groups is 1. The van der Waals surface area contributed by atoms with Crippen molar-refractivity contribution >= 4 is 10.0 Å². The van der Waals surface area contributed by atoms with E-state index >= 15 is 0 Å². The lowest BCUT2D eigenvalue weighted by Gasteiger charge is -2.29. The fraction of sp³-hybridized carbons (Fsp3) is 0.538. The van der Waals surface area contributed by atoms with Crippen molar-refractivity contribution < 1.29 is 8.42 Å². The fourth-order valence-electron chi connectivity index (χ4n) is 2.33. The van der Waals surface area contributed by atoms with Crippen LogP contribution in [0.1, 0.15) is 24.0 Å². The summed E-state index contributed by atoms with van der Waals surface area (Å²) in [5.74, 6) is 0. The first kappa shape index (κ1) is 14.8. The van der Waals surface area contributed by atoms with Gasteiger partial charge in [0, 0.05) is 18.0 Å². The molecule has 0 aliphatic carbocycles. The van der Waals surface area contributed by atoms with Crippen LogP contribution in [-0.4, -0.2) is 31.9 Å². The Balaban J connectivity index is 2.29. The smallest absolute Gasteiger partial charge is 0.207 e. The third-order valence-corrected chi connectivity index (χ3v) is 5.55. The van der Waals surface area contributed by atoms with Gasteiger partial charge in [-0.05, 0) is 55.5 Å². The second kappa shape index (κ2) is 5.83. The van der Waals surface area contributed by atoms with Gasteiger partial charge in [-0.1, -0.05) is 11.2 Å². The standard InChI is InChI=1S/C13H18N4O2S/c1-10-5-6-13(8-11(10)2)20(18,19)17-7-3-4-12(9-17)15-16-14/h5-6,8,12H,3-4,7,9H2,1-2H3. The summed E-state index contributed by atoms with van der Waals surface area (Å²) < 4.78 is 26.6. The van der Waals surface area contributed by atoms with Gasteiger partial charge in [0.15, 0.2) is 0 Å². The van der Waals surface area contributed by atoms with Crippen LogP contribution in [0.5, 0.6) is 0 Å². The highest BCUT2D eigenvalue weighted by atomic mass is 32.2.